The average Bonchev–Trinajstić information content (AvgIpc) is 3.57. The van der Waals surface area contributed by atoms with Gasteiger partial charge in [-0.2, -0.15) is 12.7 Å². The molecule has 3 aliphatic heterocycles. The van der Waals surface area contributed by atoms with Crippen molar-refractivity contribution in [1.29, 1.82) is 0 Å². The highest BCUT2D eigenvalue weighted by atomic mass is 32.2. The van der Waals surface area contributed by atoms with Gasteiger partial charge >= 0.3 is 10.2 Å². The van der Waals surface area contributed by atoms with Crippen molar-refractivity contribution in [3.63, 3.8) is 0 Å². The van der Waals surface area contributed by atoms with E-state index in [1.807, 2.05) is 18.2 Å². The molecule has 2 aromatic carbocycles. The second kappa shape index (κ2) is 11.8. The summed E-state index contributed by atoms with van der Waals surface area (Å²) < 4.78 is 72.9. The van der Waals surface area contributed by atoms with Crippen LogP contribution in [0.1, 0.15) is 85.2 Å². The SMILES string of the molecule is COc1ccc2c(c1)C1CC1(S(=O)(=O)N1CCC(C)C1)Cn1c-2c(C2CCCCC2)c2ccc(C(=O)NS(=O)(=O)N3CCOCC3)cc21. The van der Waals surface area contributed by atoms with Crippen LogP contribution in [-0.4, -0.2) is 87.2 Å². The van der Waals surface area contributed by atoms with Crippen molar-refractivity contribution in [2.75, 3.05) is 46.5 Å². The first-order chi connectivity index (χ1) is 23.0. The minimum atomic E-state index is -4.06. The Morgan fingerprint density at radius 3 is 2.44 bits per heavy atom. The van der Waals surface area contributed by atoms with Gasteiger partial charge in [0, 0.05) is 60.7 Å². The molecule has 0 spiro atoms. The number of fused-ring (bicyclic) bond motifs is 7. The number of carbonyl (C=O) groups excluding carboxylic acids is 1. The summed E-state index contributed by atoms with van der Waals surface area (Å²) in [7, 11) is -6.12. The van der Waals surface area contributed by atoms with Gasteiger partial charge in [0.15, 0.2) is 0 Å². The largest absolute Gasteiger partial charge is 0.497 e. The smallest absolute Gasteiger partial charge is 0.304 e. The van der Waals surface area contributed by atoms with Crippen molar-refractivity contribution in [1.82, 2.24) is 17.9 Å². The van der Waals surface area contributed by atoms with Gasteiger partial charge in [0.1, 0.15) is 10.5 Å². The zero-order chi connectivity index (χ0) is 33.4. The Bertz CT molecular complexity index is 2000. The van der Waals surface area contributed by atoms with Crippen LogP contribution in [0.2, 0.25) is 0 Å². The molecule has 3 atom stereocenters. The lowest BCUT2D eigenvalue weighted by Gasteiger charge is -2.26. The summed E-state index contributed by atoms with van der Waals surface area (Å²) in [5.41, 5.74) is 5.21. The first-order valence-electron chi connectivity index (χ1n) is 17.3. The fourth-order valence-electron chi connectivity index (χ4n) is 8.83. The fourth-order valence-corrected chi connectivity index (χ4v) is 12.4. The number of benzene rings is 2. The highest BCUT2D eigenvalue weighted by Crippen LogP contribution is 2.64. The average molecular weight is 697 g/mol. The van der Waals surface area contributed by atoms with Crippen molar-refractivity contribution < 1.29 is 31.1 Å². The molecule has 4 fully saturated rings. The van der Waals surface area contributed by atoms with Crippen molar-refractivity contribution in [2.24, 2.45) is 5.92 Å². The van der Waals surface area contributed by atoms with Gasteiger partial charge in [-0.1, -0.05) is 32.3 Å². The number of nitrogens with zero attached hydrogens (tertiary/aromatic N) is 3. The Hall–Kier alpha value is -2.97. The first-order valence-corrected chi connectivity index (χ1v) is 20.2. The third kappa shape index (κ3) is 5.10. The Labute approximate surface area is 282 Å². The highest BCUT2D eigenvalue weighted by Gasteiger charge is 2.68. The molecule has 1 N–H and O–H groups in total. The molecule has 11 nitrogen and oxygen atoms in total. The molecule has 2 saturated carbocycles. The maximum Gasteiger partial charge on any atom is 0.304 e. The zero-order valence-corrected chi connectivity index (χ0v) is 29.2. The van der Waals surface area contributed by atoms with Crippen molar-refractivity contribution >= 4 is 37.0 Å². The van der Waals surface area contributed by atoms with Crippen LogP contribution >= 0.6 is 0 Å². The van der Waals surface area contributed by atoms with Gasteiger partial charge in [-0.25, -0.2) is 17.4 Å². The lowest BCUT2D eigenvalue weighted by atomic mass is 9.81. The summed E-state index contributed by atoms with van der Waals surface area (Å²) >= 11 is 0. The third-order valence-corrected chi connectivity index (χ3v) is 15.6. The Morgan fingerprint density at radius 1 is 0.958 bits per heavy atom. The van der Waals surface area contributed by atoms with Gasteiger partial charge in [-0.05, 0) is 79.0 Å². The van der Waals surface area contributed by atoms with Crippen LogP contribution in [0.5, 0.6) is 5.75 Å². The molecule has 0 radical (unpaired) electrons. The van der Waals surface area contributed by atoms with Crippen LogP contribution in [0, 0.1) is 5.92 Å². The predicted molar refractivity (Wildman–Crippen MR) is 183 cm³/mol. The van der Waals surface area contributed by atoms with Gasteiger partial charge in [-0.15, -0.1) is 0 Å². The molecule has 4 heterocycles. The molecule has 1 aromatic heterocycles. The van der Waals surface area contributed by atoms with Crippen molar-refractivity contribution in [2.45, 2.75) is 75.0 Å². The molecule has 3 unspecified atom stereocenters. The fraction of sp³-hybridized carbons (Fsp3) is 0.571. The van der Waals surface area contributed by atoms with E-state index in [2.05, 4.69) is 22.3 Å². The topological polar surface area (TPSA) is 127 Å². The monoisotopic (exact) mass is 696 g/mol. The van der Waals surface area contributed by atoms with Crippen LogP contribution in [-0.2, 0) is 31.5 Å². The van der Waals surface area contributed by atoms with Gasteiger partial charge in [0.05, 0.1) is 26.0 Å². The molecule has 2 saturated heterocycles. The summed E-state index contributed by atoms with van der Waals surface area (Å²) in [5.74, 6) is 0.390. The lowest BCUT2D eigenvalue weighted by molar-refractivity contribution is 0.0719. The molecule has 0 bridgehead atoms. The number of carbonyl (C=O) groups is 1. The molecule has 3 aromatic rings. The number of amides is 1. The number of morpholine rings is 1. The van der Waals surface area contributed by atoms with E-state index in [9.17, 15) is 21.6 Å². The number of aromatic nitrogens is 1. The third-order valence-electron chi connectivity index (χ3n) is 11.5. The number of rotatable bonds is 7. The van der Waals surface area contributed by atoms with Crippen molar-refractivity contribution in [3.05, 3.63) is 53.1 Å². The number of hydrogen-bond donors (Lipinski definition) is 1. The van der Waals surface area contributed by atoms with E-state index < -0.39 is 30.9 Å². The molecule has 1 amide bonds. The molecule has 2 aliphatic carbocycles. The van der Waals surface area contributed by atoms with Crippen LogP contribution in [0.3, 0.4) is 0 Å². The number of nitrogens with one attached hydrogen (secondary N) is 1. The second-order valence-corrected chi connectivity index (χ2v) is 18.3. The number of methoxy groups -OCH3 is 1. The lowest BCUT2D eigenvalue weighted by Crippen LogP contribution is -2.48. The van der Waals surface area contributed by atoms with Gasteiger partial charge in [0.2, 0.25) is 10.0 Å². The highest BCUT2D eigenvalue weighted by molar-refractivity contribution is 7.91. The summed E-state index contributed by atoms with van der Waals surface area (Å²) in [6, 6.07) is 11.5. The van der Waals surface area contributed by atoms with E-state index in [-0.39, 0.29) is 50.2 Å². The van der Waals surface area contributed by atoms with Crippen LogP contribution in [0.15, 0.2) is 36.4 Å². The molecule has 8 rings (SSSR count). The predicted octanol–water partition coefficient (Wildman–Crippen LogP) is 4.58. The maximum absolute atomic E-state index is 14.7. The standard InChI is InChI=1S/C35H44N4O7S2/c1-23-12-13-38(21-23)47(41,42)35-20-30(35)29-19-26(45-2)9-11-27(29)33-32(24-6-4-3-5-7-24)28-10-8-25(18-31(28)39(33)22-35)34(40)36-48(43,44)37-14-16-46-17-15-37/h8-11,18-19,23-24,30H,3-7,12-17,20-22H2,1-2H3,(H,36,40). The van der Waals surface area contributed by atoms with E-state index in [4.69, 9.17) is 9.47 Å². The van der Waals surface area contributed by atoms with Crippen molar-refractivity contribution in [3.8, 4) is 17.0 Å². The van der Waals surface area contributed by atoms with Gasteiger partial charge in [-0.3, -0.25) is 4.79 Å². The normalized spacial score (nSPS) is 26.8. The number of ether oxygens (including phenoxy) is 2. The zero-order valence-electron chi connectivity index (χ0n) is 27.6. The minimum Gasteiger partial charge on any atom is -0.497 e. The quantitative estimate of drug-likeness (QED) is 0.383. The van der Waals surface area contributed by atoms with Crippen LogP contribution < -0.4 is 9.46 Å². The molecule has 5 aliphatic rings. The second-order valence-electron chi connectivity index (χ2n) is 14.4. The van der Waals surface area contributed by atoms with E-state index >= 15 is 0 Å². The van der Waals surface area contributed by atoms with Crippen LogP contribution in [0.4, 0.5) is 0 Å². The minimum absolute atomic E-state index is 0.177. The van der Waals surface area contributed by atoms with E-state index in [1.165, 1.54) is 16.3 Å². The summed E-state index contributed by atoms with van der Waals surface area (Å²) in [4.78, 5) is 13.6. The van der Waals surface area contributed by atoms with Gasteiger partial charge in [0.25, 0.3) is 5.91 Å². The Kier molecular flexibility index (Phi) is 7.94. The molecule has 13 heteroatoms. The number of sulfonamides is 1. The molecular weight excluding hydrogens is 653 g/mol. The first kappa shape index (κ1) is 32.2. The van der Waals surface area contributed by atoms with Crippen LogP contribution in [0.25, 0.3) is 22.2 Å². The Balaban J connectivity index is 1.30. The number of hydrogen-bond acceptors (Lipinski definition) is 7. The van der Waals surface area contributed by atoms with E-state index in [0.717, 1.165) is 59.8 Å². The molecular formula is C35H44N4O7S2. The summed E-state index contributed by atoms with van der Waals surface area (Å²) in [5, 5.41) is 0.993. The molecule has 48 heavy (non-hydrogen) atoms. The maximum atomic E-state index is 14.7. The van der Waals surface area contributed by atoms with E-state index in [0.29, 0.717) is 31.2 Å². The summed E-state index contributed by atoms with van der Waals surface area (Å²) in [6.45, 7) is 4.32. The van der Waals surface area contributed by atoms with E-state index in [1.54, 1.807) is 23.5 Å². The summed E-state index contributed by atoms with van der Waals surface area (Å²) in [6.07, 6.45) is 6.88. The molecule has 258 valence electrons. The Morgan fingerprint density at radius 2 is 1.73 bits per heavy atom. The van der Waals surface area contributed by atoms with Gasteiger partial charge < -0.3 is 14.0 Å².